The minimum atomic E-state index is -0.398. The van der Waals surface area contributed by atoms with Crippen molar-refractivity contribution in [3.05, 3.63) is 35.5 Å². The van der Waals surface area contributed by atoms with Gasteiger partial charge in [-0.15, -0.1) is 0 Å². The van der Waals surface area contributed by atoms with Gasteiger partial charge in [-0.25, -0.2) is 9.37 Å². The first-order valence-electron chi connectivity index (χ1n) is 4.29. The van der Waals surface area contributed by atoms with E-state index in [0.29, 0.717) is 11.3 Å². The van der Waals surface area contributed by atoms with Crippen LogP contribution >= 0.6 is 0 Å². The number of H-pyrrole nitrogens is 1. The minimum absolute atomic E-state index is 0.214. The van der Waals surface area contributed by atoms with Crippen LogP contribution in [-0.4, -0.2) is 15.2 Å². The van der Waals surface area contributed by atoms with Crippen molar-refractivity contribution in [2.45, 2.75) is 6.92 Å². The number of nitrogens with one attached hydrogen (secondary N) is 1. The van der Waals surface area contributed by atoms with E-state index in [2.05, 4.69) is 15.2 Å². The van der Waals surface area contributed by atoms with Gasteiger partial charge in [-0.05, 0) is 19.1 Å². The number of nitrogens with zero attached hydrogens (tertiary/aromatic N) is 3. The van der Waals surface area contributed by atoms with E-state index in [1.54, 1.807) is 13.0 Å². The van der Waals surface area contributed by atoms with Crippen molar-refractivity contribution < 1.29 is 4.39 Å². The molecule has 0 bridgehead atoms. The fraction of sp³-hybridized carbons (Fsp3) is 0.100. The highest BCUT2D eigenvalue weighted by atomic mass is 19.1. The van der Waals surface area contributed by atoms with E-state index in [4.69, 9.17) is 5.26 Å². The number of aromatic nitrogens is 3. The molecule has 0 radical (unpaired) electrons. The molecule has 0 aromatic carbocycles. The molecule has 2 aromatic rings. The predicted molar refractivity (Wildman–Crippen MR) is 51.2 cm³/mol. The summed E-state index contributed by atoms with van der Waals surface area (Å²) >= 11 is 0. The van der Waals surface area contributed by atoms with Crippen molar-refractivity contribution in [2.75, 3.05) is 0 Å². The first-order valence-corrected chi connectivity index (χ1v) is 4.29. The fourth-order valence-electron chi connectivity index (χ4n) is 1.25. The molecule has 15 heavy (non-hydrogen) atoms. The zero-order valence-electron chi connectivity index (χ0n) is 7.95. The van der Waals surface area contributed by atoms with Crippen molar-refractivity contribution >= 4 is 0 Å². The molecule has 0 saturated carbocycles. The van der Waals surface area contributed by atoms with Gasteiger partial charge in [0.25, 0.3) is 0 Å². The average Bonchev–Trinajstić information content (AvgIpc) is 2.60. The molecule has 0 aliphatic rings. The Bertz CT molecular complexity index is 539. The maximum atomic E-state index is 13.5. The molecule has 2 heterocycles. The second-order valence-corrected chi connectivity index (χ2v) is 3.05. The SMILES string of the molecule is Cc1[nH]nc(-c2ccnc(C#N)c2)c1F. The molecule has 4 nitrogen and oxygen atoms in total. The van der Waals surface area contributed by atoms with Crippen molar-refractivity contribution in [3.63, 3.8) is 0 Å². The van der Waals surface area contributed by atoms with Gasteiger partial charge in [0, 0.05) is 11.8 Å². The van der Waals surface area contributed by atoms with Crippen LogP contribution in [0.15, 0.2) is 18.3 Å². The smallest absolute Gasteiger partial charge is 0.171 e. The van der Waals surface area contributed by atoms with Crippen LogP contribution < -0.4 is 0 Å². The lowest BCUT2D eigenvalue weighted by atomic mass is 10.1. The third kappa shape index (κ3) is 1.57. The third-order valence-electron chi connectivity index (χ3n) is 2.02. The van der Waals surface area contributed by atoms with E-state index in [-0.39, 0.29) is 11.4 Å². The lowest BCUT2D eigenvalue weighted by molar-refractivity contribution is 0.622. The number of rotatable bonds is 1. The van der Waals surface area contributed by atoms with Crippen LogP contribution in [0.5, 0.6) is 0 Å². The van der Waals surface area contributed by atoms with Crippen LogP contribution in [0.1, 0.15) is 11.4 Å². The standard InChI is InChI=1S/C10H7FN4/c1-6-9(11)10(15-14-6)7-2-3-13-8(4-7)5-12/h2-4H,1H3,(H,14,15). The lowest BCUT2D eigenvalue weighted by Gasteiger charge is -1.96. The van der Waals surface area contributed by atoms with Crippen molar-refractivity contribution in [1.29, 1.82) is 5.26 Å². The lowest BCUT2D eigenvalue weighted by Crippen LogP contribution is -1.86. The first kappa shape index (κ1) is 9.34. The van der Waals surface area contributed by atoms with Gasteiger partial charge < -0.3 is 0 Å². The number of hydrogen-bond donors (Lipinski definition) is 1. The quantitative estimate of drug-likeness (QED) is 0.766. The first-order chi connectivity index (χ1) is 7.22. The van der Waals surface area contributed by atoms with Gasteiger partial charge in [0.1, 0.15) is 17.5 Å². The predicted octanol–water partition coefficient (Wildman–Crippen LogP) is 1.79. The number of pyridine rings is 1. The normalized spacial score (nSPS) is 9.93. The highest BCUT2D eigenvalue weighted by Gasteiger charge is 2.11. The van der Waals surface area contributed by atoms with E-state index in [1.165, 1.54) is 12.3 Å². The van der Waals surface area contributed by atoms with Crippen LogP contribution in [-0.2, 0) is 0 Å². The molecule has 2 rings (SSSR count). The third-order valence-corrected chi connectivity index (χ3v) is 2.02. The van der Waals surface area contributed by atoms with Crippen LogP contribution in [0.4, 0.5) is 4.39 Å². The molecular weight excluding hydrogens is 195 g/mol. The van der Waals surface area contributed by atoms with Crippen LogP contribution in [0.3, 0.4) is 0 Å². The van der Waals surface area contributed by atoms with Gasteiger partial charge in [-0.3, -0.25) is 5.10 Å². The summed E-state index contributed by atoms with van der Waals surface area (Å²) in [6.45, 7) is 1.60. The van der Waals surface area contributed by atoms with Gasteiger partial charge >= 0.3 is 0 Å². The second kappa shape index (κ2) is 3.50. The van der Waals surface area contributed by atoms with Gasteiger partial charge in [0.05, 0.1) is 5.69 Å². The molecule has 0 unspecified atom stereocenters. The summed E-state index contributed by atoms with van der Waals surface area (Å²) in [7, 11) is 0. The average molecular weight is 202 g/mol. The largest absolute Gasteiger partial charge is 0.279 e. The van der Waals surface area contributed by atoms with E-state index in [1.807, 2.05) is 6.07 Å². The van der Waals surface area contributed by atoms with E-state index < -0.39 is 5.82 Å². The molecule has 0 spiro atoms. The van der Waals surface area contributed by atoms with Gasteiger partial charge in [0.2, 0.25) is 0 Å². The van der Waals surface area contributed by atoms with E-state index in [0.717, 1.165) is 0 Å². The van der Waals surface area contributed by atoms with Gasteiger partial charge in [-0.2, -0.15) is 10.4 Å². The number of aromatic amines is 1. The Labute approximate surface area is 85.4 Å². The Hall–Kier alpha value is -2.22. The van der Waals surface area contributed by atoms with Gasteiger partial charge in [-0.1, -0.05) is 0 Å². The zero-order chi connectivity index (χ0) is 10.8. The molecule has 0 saturated heterocycles. The van der Waals surface area contributed by atoms with Crippen molar-refractivity contribution in [1.82, 2.24) is 15.2 Å². The summed E-state index contributed by atoms with van der Waals surface area (Å²) in [5.41, 5.74) is 1.38. The minimum Gasteiger partial charge on any atom is -0.279 e. The number of halogens is 1. The van der Waals surface area contributed by atoms with Crippen LogP contribution in [0.2, 0.25) is 0 Å². The maximum Gasteiger partial charge on any atom is 0.171 e. The van der Waals surface area contributed by atoms with Crippen LogP contribution in [0, 0.1) is 24.1 Å². The Kier molecular flexibility index (Phi) is 2.18. The Balaban J connectivity index is 2.55. The molecule has 0 aliphatic carbocycles. The molecule has 0 atom stereocenters. The Morgan fingerprint density at radius 2 is 2.33 bits per heavy atom. The Morgan fingerprint density at radius 1 is 1.53 bits per heavy atom. The zero-order valence-corrected chi connectivity index (χ0v) is 7.95. The number of aryl methyl sites for hydroxylation is 1. The van der Waals surface area contributed by atoms with Crippen molar-refractivity contribution in [3.8, 4) is 17.3 Å². The Morgan fingerprint density at radius 3 is 2.93 bits per heavy atom. The summed E-state index contributed by atoms with van der Waals surface area (Å²) < 4.78 is 13.5. The molecule has 5 heteroatoms. The molecular formula is C10H7FN4. The summed E-state index contributed by atoms with van der Waals surface area (Å²) in [4.78, 5) is 3.80. The van der Waals surface area contributed by atoms with E-state index in [9.17, 15) is 4.39 Å². The summed E-state index contributed by atoms with van der Waals surface area (Å²) in [5.74, 6) is -0.398. The summed E-state index contributed by atoms with van der Waals surface area (Å²) in [6.07, 6.45) is 1.46. The molecule has 0 aliphatic heterocycles. The topological polar surface area (TPSA) is 65.4 Å². The van der Waals surface area contributed by atoms with Crippen molar-refractivity contribution in [2.24, 2.45) is 0 Å². The second-order valence-electron chi connectivity index (χ2n) is 3.05. The molecule has 0 fully saturated rings. The van der Waals surface area contributed by atoms with Gasteiger partial charge in [0.15, 0.2) is 5.82 Å². The molecule has 2 aromatic heterocycles. The monoisotopic (exact) mass is 202 g/mol. The fourth-order valence-corrected chi connectivity index (χ4v) is 1.25. The number of nitriles is 1. The maximum absolute atomic E-state index is 13.5. The highest BCUT2D eigenvalue weighted by molar-refractivity contribution is 5.60. The summed E-state index contributed by atoms with van der Waals surface area (Å²) in [5, 5.41) is 15.0. The molecule has 0 amide bonds. The van der Waals surface area contributed by atoms with E-state index >= 15 is 0 Å². The summed E-state index contributed by atoms with van der Waals surface area (Å²) in [6, 6.07) is 5.00. The van der Waals surface area contributed by atoms with Crippen LogP contribution in [0.25, 0.3) is 11.3 Å². The molecule has 74 valence electrons. The number of hydrogen-bond acceptors (Lipinski definition) is 3. The highest BCUT2D eigenvalue weighted by Crippen LogP contribution is 2.21. The molecule has 1 N–H and O–H groups in total.